The number of piperazine rings is 1. The second-order valence-corrected chi connectivity index (χ2v) is 5.62. The highest BCUT2D eigenvalue weighted by Gasteiger charge is 2.22. The van der Waals surface area contributed by atoms with Gasteiger partial charge in [0.1, 0.15) is 5.75 Å². The molecule has 1 N–H and O–H groups in total. The van der Waals surface area contributed by atoms with Crippen molar-refractivity contribution in [3.8, 4) is 5.75 Å². The van der Waals surface area contributed by atoms with Crippen LogP contribution in [0, 0.1) is 0 Å². The maximum Gasteiger partial charge on any atom is 0.189 e. The normalized spacial score (nSPS) is 23.8. The van der Waals surface area contributed by atoms with E-state index in [-0.39, 0.29) is 0 Å². The van der Waals surface area contributed by atoms with Gasteiger partial charge in [-0.2, -0.15) is 0 Å². The standard InChI is InChI=1S/C14H19ClN2O2/c1-10-6-16-2-3-17(10)7-11-4-13(15)5-12-8-18-9-19-14(11)12/h4-5,10,16H,2-3,6-9H2,1H3/t10-/m1/s1. The van der Waals surface area contributed by atoms with E-state index in [9.17, 15) is 0 Å². The minimum atomic E-state index is 0.332. The van der Waals surface area contributed by atoms with Crippen molar-refractivity contribution < 1.29 is 9.47 Å². The lowest BCUT2D eigenvalue weighted by molar-refractivity contribution is -0.0176. The van der Waals surface area contributed by atoms with Gasteiger partial charge in [-0.15, -0.1) is 0 Å². The number of nitrogens with one attached hydrogen (secondary N) is 1. The first-order valence-electron chi connectivity index (χ1n) is 6.70. The van der Waals surface area contributed by atoms with Crippen molar-refractivity contribution in [1.82, 2.24) is 10.2 Å². The van der Waals surface area contributed by atoms with Crippen LogP contribution in [0.5, 0.6) is 5.75 Å². The Kier molecular flexibility index (Phi) is 3.93. The van der Waals surface area contributed by atoms with Gasteiger partial charge in [0, 0.05) is 48.4 Å². The molecule has 0 spiro atoms. The molecular weight excluding hydrogens is 264 g/mol. The lowest BCUT2D eigenvalue weighted by Gasteiger charge is -2.34. The summed E-state index contributed by atoms with van der Waals surface area (Å²) in [5.41, 5.74) is 2.22. The summed E-state index contributed by atoms with van der Waals surface area (Å²) in [6.07, 6.45) is 0. The van der Waals surface area contributed by atoms with Gasteiger partial charge >= 0.3 is 0 Å². The Bertz CT molecular complexity index is 467. The second-order valence-electron chi connectivity index (χ2n) is 5.19. The lowest BCUT2D eigenvalue weighted by atomic mass is 10.1. The maximum atomic E-state index is 6.19. The van der Waals surface area contributed by atoms with Gasteiger partial charge in [0.15, 0.2) is 6.79 Å². The third-order valence-electron chi connectivity index (χ3n) is 3.76. The summed E-state index contributed by atoms with van der Waals surface area (Å²) in [7, 11) is 0. The van der Waals surface area contributed by atoms with Crippen LogP contribution in [0.15, 0.2) is 12.1 Å². The number of hydrogen-bond acceptors (Lipinski definition) is 4. The highest BCUT2D eigenvalue weighted by Crippen LogP contribution is 2.32. The van der Waals surface area contributed by atoms with Crippen molar-refractivity contribution in [2.75, 3.05) is 26.4 Å². The van der Waals surface area contributed by atoms with E-state index in [4.69, 9.17) is 21.1 Å². The first-order valence-corrected chi connectivity index (χ1v) is 7.08. The number of rotatable bonds is 2. The SMILES string of the molecule is C[C@@H]1CNCCN1Cc1cc(Cl)cc2c1OCOC2. The molecular formula is C14H19ClN2O2. The fourth-order valence-corrected chi connectivity index (χ4v) is 2.97. The number of halogens is 1. The first-order chi connectivity index (χ1) is 9.24. The van der Waals surface area contributed by atoms with E-state index in [1.165, 1.54) is 5.56 Å². The smallest absolute Gasteiger partial charge is 0.189 e. The second kappa shape index (κ2) is 5.67. The van der Waals surface area contributed by atoms with Crippen LogP contribution >= 0.6 is 11.6 Å². The Morgan fingerprint density at radius 1 is 1.47 bits per heavy atom. The van der Waals surface area contributed by atoms with Crippen LogP contribution in [-0.4, -0.2) is 37.4 Å². The highest BCUT2D eigenvalue weighted by atomic mass is 35.5. The van der Waals surface area contributed by atoms with E-state index in [1.54, 1.807) is 0 Å². The summed E-state index contributed by atoms with van der Waals surface area (Å²) in [6, 6.07) is 4.48. The van der Waals surface area contributed by atoms with Crippen LogP contribution in [0.25, 0.3) is 0 Å². The fourth-order valence-electron chi connectivity index (χ4n) is 2.71. The Morgan fingerprint density at radius 3 is 3.21 bits per heavy atom. The predicted octanol–water partition coefficient (Wildman–Crippen LogP) is 2.00. The average Bonchev–Trinajstić information content (AvgIpc) is 2.41. The highest BCUT2D eigenvalue weighted by molar-refractivity contribution is 6.30. The molecule has 0 aliphatic carbocycles. The molecule has 0 radical (unpaired) electrons. The number of nitrogens with zero attached hydrogens (tertiary/aromatic N) is 1. The zero-order valence-electron chi connectivity index (χ0n) is 11.1. The van der Waals surface area contributed by atoms with Gasteiger partial charge in [0.05, 0.1) is 6.61 Å². The monoisotopic (exact) mass is 282 g/mol. The molecule has 0 saturated carbocycles. The van der Waals surface area contributed by atoms with Gasteiger partial charge in [0.25, 0.3) is 0 Å². The molecule has 3 rings (SSSR count). The topological polar surface area (TPSA) is 33.7 Å². The Balaban J connectivity index is 1.85. The predicted molar refractivity (Wildman–Crippen MR) is 74.5 cm³/mol. The number of benzene rings is 1. The molecule has 1 fully saturated rings. The van der Waals surface area contributed by atoms with Crippen molar-refractivity contribution >= 4 is 11.6 Å². The zero-order chi connectivity index (χ0) is 13.2. The molecule has 2 aliphatic heterocycles. The number of ether oxygens (including phenoxy) is 2. The number of fused-ring (bicyclic) bond motifs is 1. The molecule has 19 heavy (non-hydrogen) atoms. The Hall–Kier alpha value is -0.810. The van der Waals surface area contributed by atoms with Crippen LogP contribution in [0.4, 0.5) is 0 Å². The molecule has 1 aromatic rings. The van der Waals surface area contributed by atoms with Gasteiger partial charge in [-0.3, -0.25) is 4.90 Å². The van der Waals surface area contributed by atoms with Gasteiger partial charge in [0.2, 0.25) is 0 Å². The summed E-state index contributed by atoms with van der Waals surface area (Å²) in [6.45, 7) is 7.17. The van der Waals surface area contributed by atoms with Crippen molar-refractivity contribution in [3.05, 3.63) is 28.3 Å². The minimum Gasteiger partial charge on any atom is -0.467 e. The van der Waals surface area contributed by atoms with Crippen LogP contribution in [0.3, 0.4) is 0 Å². The van der Waals surface area contributed by atoms with E-state index in [1.807, 2.05) is 12.1 Å². The third kappa shape index (κ3) is 2.87. The van der Waals surface area contributed by atoms with Gasteiger partial charge in [-0.25, -0.2) is 0 Å². The van der Waals surface area contributed by atoms with Crippen molar-refractivity contribution in [1.29, 1.82) is 0 Å². The largest absolute Gasteiger partial charge is 0.467 e. The Morgan fingerprint density at radius 2 is 2.37 bits per heavy atom. The van der Waals surface area contributed by atoms with E-state index in [0.717, 1.165) is 42.5 Å². The fraction of sp³-hybridized carbons (Fsp3) is 0.571. The maximum absolute atomic E-state index is 6.19. The molecule has 5 heteroatoms. The molecule has 4 nitrogen and oxygen atoms in total. The summed E-state index contributed by atoms with van der Waals surface area (Å²) >= 11 is 6.19. The van der Waals surface area contributed by atoms with E-state index < -0.39 is 0 Å². The molecule has 1 saturated heterocycles. The zero-order valence-corrected chi connectivity index (χ0v) is 11.9. The Labute approximate surface area is 118 Å². The molecule has 0 amide bonds. The van der Waals surface area contributed by atoms with Crippen molar-refractivity contribution in [3.63, 3.8) is 0 Å². The lowest BCUT2D eigenvalue weighted by Crippen LogP contribution is -2.49. The van der Waals surface area contributed by atoms with Crippen LogP contribution in [0.2, 0.25) is 5.02 Å². The molecule has 0 bridgehead atoms. The van der Waals surface area contributed by atoms with Crippen molar-refractivity contribution in [2.45, 2.75) is 26.1 Å². The molecule has 2 aliphatic rings. The van der Waals surface area contributed by atoms with Gasteiger partial charge in [-0.1, -0.05) is 11.6 Å². The van der Waals surface area contributed by atoms with Gasteiger partial charge in [-0.05, 0) is 19.1 Å². The molecule has 1 aromatic carbocycles. The molecule has 1 atom stereocenters. The average molecular weight is 283 g/mol. The molecule has 0 unspecified atom stereocenters. The third-order valence-corrected chi connectivity index (χ3v) is 3.98. The summed E-state index contributed by atoms with van der Waals surface area (Å²) in [5, 5.41) is 4.16. The minimum absolute atomic E-state index is 0.332. The van der Waals surface area contributed by atoms with E-state index in [0.29, 0.717) is 19.4 Å². The van der Waals surface area contributed by atoms with Crippen molar-refractivity contribution in [2.24, 2.45) is 0 Å². The van der Waals surface area contributed by atoms with E-state index in [2.05, 4.69) is 17.1 Å². The quantitative estimate of drug-likeness (QED) is 0.900. The number of hydrogen-bond donors (Lipinski definition) is 1. The molecule has 2 heterocycles. The summed E-state index contributed by atoms with van der Waals surface area (Å²) < 4.78 is 11.0. The van der Waals surface area contributed by atoms with Crippen LogP contribution in [0.1, 0.15) is 18.1 Å². The molecule has 104 valence electrons. The van der Waals surface area contributed by atoms with Crippen LogP contribution in [-0.2, 0) is 17.9 Å². The van der Waals surface area contributed by atoms with Gasteiger partial charge < -0.3 is 14.8 Å². The summed E-state index contributed by atoms with van der Waals surface area (Å²) in [5.74, 6) is 0.960. The first kappa shape index (κ1) is 13.2. The van der Waals surface area contributed by atoms with Crippen LogP contribution < -0.4 is 10.1 Å². The summed E-state index contributed by atoms with van der Waals surface area (Å²) in [4.78, 5) is 2.46. The molecule has 0 aromatic heterocycles. The van der Waals surface area contributed by atoms with E-state index >= 15 is 0 Å².